The first-order chi connectivity index (χ1) is 15.5. The van der Waals surface area contributed by atoms with Crippen molar-refractivity contribution in [3.63, 3.8) is 0 Å². The lowest BCUT2D eigenvalue weighted by Gasteiger charge is -2.31. The number of aliphatic imine (C=N–C) groups is 1. The fraction of sp³-hybridized carbons (Fsp3) is 0.409. The zero-order valence-corrected chi connectivity index (χ0v) is 17.1. The molecule has 0 radical (unpaired) electrons. The summed E-state index contributed by atoms with van der Waals surface area (Å²) >= 11 is 0. The normalized spacial score (nSPS) is 23.5. The Morgan fingerprint density at radius 1 is 1.28 bits per heavy atom. The number of para-hydroxylation sites is 1. The Bertz CT molecular complexity index is 1130. The molecule has 0 bridgehead atoms. The smallest absolute Gasteiger partial charge is 0.431 e. The molecule has 10 heteroatoms. The minimum absolute atomic E-state index is 0.115. The predicted molar refractivity (Wildman–Crippen MR) is 109 cm³/mol. The lowest BCUT2D eigenvalue weighted by molar-refractivity contribution is -0.365. The van der Waals surface area contributed by atoms with E-state index in [9.17, 15) is 13.2 Å². The highest BCUT2D eigenvalue weighted by Crippen LogP contribution is 2.36. The quantitative estimate of drug-likeness (QED) is 0.605. The van der Waals surface area contributed by atoms with Crippen molar-refractivity contribution in [2.24, 2.45) is 10.9 Å². The molecular formula is C22H22F3N4O3+. The molecule has 0 amide bonds. The fourth-order valence-electron chi connectivity index (χ4n) is 4.04. The van der Waals surface area contributed by atoms with Gasteiger partial charge in [-0.25, -0.2) is 4.98 Å². The number of H-pyrrole nitrogens is 2. The van der Waals surface area contributed by atoms with Gasteiger partial charge in [-0.05, 0) is 18.6 Å². The van der Waals surface area contributed by atoms with Gasteiger partial charge in [0.15, 0.2) is 0 Å². The average Bonchev–Trinajstić information content (AvgIpc) is 3.46. The molecule has 0 spiro atoms. The minimum atomic E-state index is -4.50. The molecule has 2 unspecified atom stereocenters. The second-order valence-electron chi connectivity index (χ2n) is 7.95. The zero-order valence-electron chi connectivity index (χ0n) is 17.1. The third kappa shape index (κ3) is 4.20. The molecule has 2 aliphatic heterocycles. The minimum Gasteiger partial charge on any atom is -0.491 e. The van der Waals surface area contributed by atoms with Crippen molar-refractivity contribution in [3.05, 3.63) is 47.9 Å². The van der Waals surface area contributed by atoms with Crippen LogP contribution in [0.5, 0.6) is 5.75 Å². The molecular weight excluding hydrogens is 425 g/mol. The Kier molecular flexibility index (Phi) is 5.56. The van der Waals surface area contributed by atoms with Crippen molar-refractivity contribution in [2.45, 2.75) is 24.6 Å². The van der Waals surface area contributed by atoms with Gasteiger partial charge in [-0.2, -0.15) is 13.2 Å². The van der Waals surface area contributed by atoms with E-state index in [1.807, 2.05) is 24.3 Å². The van der Waals surface area contributed by atoms with Crippen molar-refractivity contribution in [1.82, 2.24) is 9.97 Å². The Hall–Kier alpha value is -2.98. The van der Waals surface area contributed by atoms with Crippen molar-refractivity contribution in [2.75, 3.05) is 26.4 Å². The number of rotatable bonds is 5. The highest BCUT2D eigenvalue weighted by atomic mass is 19.4. The van der Waals surface area contributed by atoms with Crippen LogP contribution in [0.4, 0.5) is 19.0 Å². The van der Waals surface area contributed by atoms with Gasteiger partial charge in [0.25, 0.3) is 5.82 Å². The zero-order chi connectivity index (χ0) is 22.1. The molecule has 4 heterocycles. The Balaban J connectivity index is 1.44. The standard InChI is InChI=1S/C22H21F3N4O3/c23-22(24,25)19-7-15-20(27-12-28-21(15)29-19)26-8-16-14-3-1-2-4-17(14)32-11-18(16)31-10-13-5-6-30-9-13/h1-4,7-8,12-13,16,18H,5-6,9-11H2,(H,27,28,29)/p+1/b26-8-/t13?,16?,18-/m0/s1. The maximum absolute atomic E-state index is 13.1. The van der Waals surface area contributed by atoms with E-state index in [2.05, 4.69) is 19.9 Å². The molecule has 0 aliphatic carbocycles. The molecule has 0 saturated carbocycles. The second kappa shape index (κ2) is 8.51. The Morgan fingerprint density at radius 2 is 2.16 bits per heavy atom. The van der Waals surface area contributed by atoms with Crippen LogP contribution in [0, 0.1) is 5.92 Å². The van der Waals surface area contributed by atoms with Gasteiger partial charge in [-0.1, -0.05) is 23.2 Å². The average molecular weight is 447 g/mol. The number of aromatic nitrogens is 3. The maximum Gasteiger partial charge on any atom is 0.431 e. The first-order valence-electron chi connectivity index (χ1n) is 10.4. The monoisotopic (exact) mass is 447 g/mol. The van der Waals surface area contributed by atoms with Gasteiger partial charge in [0.05, 0.1) is 25.3 Å². The van der Waals surface area contributed by atoms with E-state index >= 15 is 0 Å². The molecule has 2 aromatic heterocycles. The highest BCUT2D eigenvalue weighted by molar-refractivity contribution is 5.87. The lowest BCUT2D eigenvalue weighted by atomic mass is 9.91. The number of hydrogen-bond donors (Lipinski definition) is 1. The molecule has 1 saturated heterocycles. The number of halogens is 3. The van der Waals surface area contributed by atoms with Crippen LogP contribution in [0.2, 0.25) is 0 Å². The van der Waals surface area contributed by atoms with Crippen LogP contribution in [-0.2, 0) is 15.7 Å². The molecule has 7 nitrogen and oxygen atoms in total. The van der Waals surface area contributed by atoms with Crippen LogP contribution in [-0.4, -0.2) is 48.7 Å². The van der Waals surface area contributed by atoms with Gasteiger partial charge in [0, 0.05) is 18.1 Å². The van der Waals surface area contributed by atoms with Gasteiger partial charge >= 0.3 is 6.18 Å². The van der Waals surface area contributed by atoms with Crippen molar-refractivity contribution >= 4 is 23.1 Å². The molecule has 5 rings (SSSR count). The molecule has 2 N–H and O–H groups in total. The number of aromatic amines is 2. The summed E-state index contributed by atoms with van der Waals surface area (Å²) in [5, 5.41) is 0.261. The number of ether oxygens (including phenoxy) is 3. The third-order valence-electron chi connectivity index (χ3n) is 5.77. The number of nitrogens with one attached hydrogen (secondary N) is 2. The molecule has 3 atom stereocenters. The summed E-state index contributed by atoms with van der Waals surface area (Å²) in [5.74, 6) is 1.16. The summed E-state index contributed by atoms with van der Waals surface area (Å²) in [6.45, 7) is 2.34. The summed E-state index contributed by atoms with van der Waals surface area (Å²) in [5.41, 5.74) is 0.169. The molecule has 1 aromatic carbocycles. The number of nitrogens with zero attached hydrogens (tertiary/aromatic N) is 2. The van der Waals surface area contributed by atoms with E-state index in [1.54, 1.807) is 6.21 Å². The first kappa shape index (κ1) is 20.9. The van der Waals surface area contributed by atoms with Gasteiger partial charge < -0.3 is 19.2 Å². The highest BCUT2D eigenvalue weighted by Gasteiger charge is 2.35. The largest absolute Gasteiger partial charge is 0.491 e. The molecule has 168 valence electrons. The topological polar surface area (TPSA) is 82.9 Å². The van der Waals surface area contributed by atoms with Crippen molar-refractivity contribution < 1.29 is 32.4 Å². The number of fused-ring (bicyclic) bond motifs is 2. The Labute approximate surface area is 181 Å². The van der Waals surface area contributed by atoms with Crippen LogP contribution < -0.4 is 9.72 Å². The van der Waals surface area contributed by atoms with E-state index in [0.717, 1.165) is 30.4 Å². The van der Waals surface area contributed by atoms with Crippen LogP contribution in [0.1, 0.15) is 23.6 Å². The molecule has 2 aliphatic rings. The van der Waals surface area contributed by atoms with Crippen molar-refractivity contribution in [3.8, 4) is 5.75 Å². The number of hydrogen-bond acceptors (Lipinski definition) is 5. The summed E-state index contributed by atoms with van der Waals surface area (Å²) in [4.78, 5) is 13.6. The van der Waals surface area contributed by atoms with E-state index in [0.29, 0.717) is 25.7 Å². The van der Waals surface area contributed by atoms with E-state index in [4.69, 9.17) is 14.2 Å². The predicted octanol–water partition coefficient (Wildman–Crippen LogP) is 3.70. The van der Waals surface area contributed by atoms with Crippen LogP contribution in [0.15, 0.2) is 41.7 Å². The van der Waals surface area contributed by atoms with Gasteiger partial charge in [-0.3, -0.25) is 0 Å². The fourth-order valence-corrected chi connectivity index (χ4v) is 4.04. The third-order valence-corrected chi connectivity index (χ3v) is 5.77. The van der Waals surface area contributed by atoms with E-state index in [1.165, 1.54) is 6.33 Å². The summed E-state index contributed by atoms with van der Waals surface area (Å²) in [6.07, 6.45) is -0.782. The summed E-state index contributed by atoms with van der Waals surface area (Å²) in [7, 11) is 0. The van der Waals surface area contributed by atoms with Gasteiger partial charge in [0.1, 0.15) is 29.5 Å². The van der Waals surface area contributed by atoms with Crippen LogP contribution in [0.3, 0.4) is 0 Å². The lowest BCUT2D eigenvalue weighted by Crippen LogP contribution is -2.35. The second-order valence-corrected chi connectivity index (χ2v) is 7.95. The first-order valence-corrected chi connectivity index (χ1v) is 10.4. The summed E-state index contributed by atoms with van der Waals surface area (Å²) < 4.78 is 56.8. The number of benzene rings is 1. The van der Waals surface area contributed by atoms with E-state index < -0.39 is 11.9 Å². The molecule has 32 heavy (non-hydrogen) atoms. The van der Waals surface area contributed by atoms with E-state index in [-0.39, 0.29) is 28.9 Å². The maximum atomic E-state index is 13.1. The summed E-state index contributed by atoms with van der Waals surface area (Å²) in [6, 6.07) is 8.65. The Morgan fingerprint density at radius 3 is 2.97 bits per heavy atom. The van der Waals surface area contributed by atoms with Crippen LogP contribution in [0.25, 0.3) is 11.0 Å². The SMILES string of the molecule is FC(F)(F)c1cc2c(/N=C\C3c4ccccc4OC[C@@H]3OCC3CCOC3)[nH+]cnc2[nH]1. The van der Waals surface area contributed by atoms with Crippen molar-refractivity contribution in [1.29, 1.82) is 0 Å². The molecule has 3 aromatic rings. The van der Waals surface area contributed by atoms with Gasteiger partial charge in [0.2, 0.25) is 12.0 Å². The van der Waals surface area contributed by atoms with Gasteiger partial charge in [-0.15, -0.1) is 4.99 Å². The number of alkyl halides is 3. The van der Waals surface area contributed by atoms with Crippen LogP contribution >= 0.6 is 0 Å². The molecule has 1 fully saturated rings.